The van der Waals surface area contributed by atoms with E-state index in [-0.39, 0.29) is 17.2 Å². The molecule has 150 valence electrons. The third-order valence-electron chi connectivity index (χ3n) is 4.98. The summed E-state index contributed by atoms with van der Waals surface area (Å²) in [4.78, 5) is 38.9. The lowest BCUT2D eigenvalue weighted by Crippen LogP contribution is -2.45. The summed E-state index contributed by atoms with van der Waals surface area (Å²) >= 11 is 0. The SMILES string of the molecule is O=C(CN1C(=O)c2ccccc2CS1(=O)=O)Nc1ccccc1N1CCCC1=O. The van der Waals surface area contributed by atoms with E-state index in [9.17, 15) is 22.8 Å². The fourth-order valence-corrected chi connectivity index (χ4v) is 5.06. The van der Waals surface area contributed by atoms with Crippen LogP contribution in [0.3, 0.4) is 0 Å². The number of rotatable bonds is 4. The lowest BCUT2D eigenvalue weighted by atomic mass is 10.1. The molecule has 2 aromatic carbocycles. The molecular formula is C20H19N3O5S. The Morgan fingerprint density at radius 2 is 1.76 bits per heavy atom. The number of hydrogen-bond acceptors (Lipinski definition) is 5. The number of amides is 3. The molecule has 3 amide bonds. The zero-order chi connectivity index (χ0) is 20.6. The van der Waals surface area contributed by atoms with E-state index < -0.39 is 28.4 Å². The van der Waals surface area contributed by atoms with Crippen molar-refractivity contribution >= 4 is 39.1 Å². The molecule has 9 heteroatoms. The summed E-state index contributed by atoms with van der Waals surface area (Å²) < 4.78 is 25.7. The van der Waals surface area contributed by atoms with E-state index in [0.717, 1.165) is 6.42 Å². The van der Waals surface area contributed by atoms with Gasteiger partial charge in [0.05, 0.1) is 17.1 Å². The maximum absolute atomic E-state index is 12.7. The molecular weight excluding hydrogens is 394 g/mol. The van der Waals surface area contributed by atoms with Gasteiger partial charge in [-0.1, -0.05) is 30.3 Å². The Balaban J connectivity index is 1.55. The number of benzene rings is 2. The van der Waals surface area contributed by atoms with Gasteiger partial charge in [0.1, 0.15) is 6.54 Å². The fraction of sp³-hybridized carbons (Fsp3) is 0.250. The van der Waals surface area contributed by atoms with Crippen molar-refractivity contribution in [2.24, 2.45) is 0 Å². The Kier molecular flexibility index (Phi) is 4.83. The second-order valence-electron chi connectivity index (χ2n) is 6.94. The average Bonchev–Trinajstić information content (AvgIpc) is 3.11. The summed E-state index contributed by atoms with van der Waals surface area (Å²) in [5.41, 5.74) is 1.65. The zero-order valence-corrected chi connectivity index (χ0v) is 16.3. The van der Waals surface area contributed by atoms with Crippen molar-refractivity contribution in [3.05, 3.63) is 59.7 Å². The fourth-order valence-electron chi connectivity index (χ4n) is 3.60. The van der Waals surface area contributed by atoms with Crippen LogP contribution in [0.1, 0.15) is 28.8 Å². The van der Waals surface area contributed by atoms with Gasteiger partial charge in [-0.15, -0.1) is 0 Å². The largest absolute Gasteiger partial charge is 0.323 e. The molecule has 0 saturated carbocycles. The van der Waals surface area contributed by atoms with Crippen LogP contribution in [0.25, 0.3) is 0 Å². The molecule has 0 aromatic heterocycles. The van der Waals surface area contributed by atoms with Crippen LogP contribution >= 0.6 is 0 Å². The maximum atomic E-state index is 12.7. The number of anilines is 2. The lowest BCUT2D eigenvalue weighted by molar-refractivity contribution is -0.117. The smallest absolute Gasteiger partial charge is 0.268 e. The highest BCUT2D eigenvalue weighted by atomic mass is 32.2. The number of para-hydroxylation sites is 2. The van der Waals surface area contributed by atoms with Crippen LogP contribution in [-0.2, 0) is 25.4 Å². The first-order valence-corrected chi connectivity index (χ1v) is 10.8. The monoisotopic (exact) mass is 413 g/mol. The lowest BCUT2D eigenvalue weighted by Gasteiger charge is -2.28. The van der Waals surface area contributed by atoms with Gasteiger partial charge in [-0.05, 0) is 30.2 Å². The number of fused-ring (bicyclic) bond motifs is 1. The molecule has 1 fully saturated rings. The summed E-state index contributed by atoms with van der Waals surface area (Å²) in [6.07, 6.45) is 1.18. The molecule has 2 aliphatic rings. The molecule has 2 aliphatic heterocycles. The number of hydrogen-bond donors (Lipinski definition) is 1. The average molecular weight is 413 g/mol. The summed E-state index contributed by atoms with van der Waals surface area (Å²) in [6.45, 7) is -0.0702. The molecule has 0 aliphatic carbocycles. The second kappa shape index (κ2) is 7.32. The Morgan fingerprint density at radius 1 is 1.03 bits per heavy atom. The zero-order valence-electron chi connectivity index (χ0n) is 15.5. The van der Waals surface area contributed by atoms with Crippen molar-refractivity contribution in [1.29, 1.82) is 0 Å². The molecule has 2 aromatic rings. The highest BCUT2D eigenvalue weighted by molar-refractivity contribution is 7.89. The first-order chi connectivity index (χ1) is 13.9. The van der Waals surface area contributed by atoms with Crippen LogP contribution in [0, 0.1) is 0 Å². The molecule has 0 radical (unpaired) electrons. The molecule has 0 atom stereocenters. The number of carbonyl (C=O) groups is 3. The highest BCUT2D eigenvalue weighted by Crippen LogP contribution is 2.30. The third kappa shape index (κ3) is 3.61. The van der Waals surface area contributed by atoms with Gasteiger partial charge in [-0.2, -0.15) is 0 Å². The highest BCUT2D eigenvalue weighted by Gasteiger charge is 2.37. The molecule has 0 bridgehead atoms. The van der Waals surface area contributed by atoms with Gasteiger partial charge >= 0.3 is 0 Å². The van der Waals surface area contributed by atoms with Crippen molar-refractivity contribution in [2.45, 2.75) is 18.6 Å². The minimum Gasteiger partial charge on any atom is -0.323 e. The van der Waals surface area contributed by atoms with E-state index in [2.05, 4.69) is 5.32 Å². The molecule has 1 saturated heterocycles. The molecule has 4 rings (SSSR count). The van der Waals surface area contributed by atoms with Gasteiger partial charge in [-0.25, -0.2) is 12.7 Å². The van der Waals surface area contributed by atoms with Gasteiger partial charge < -0.3 is 10.2 Å². The van der Waals surface area contributed by atoms with Crippen LogP contribution in [0.2, 0.25) is 0 Å². The van der Waals surface area contributed by atoms with E-state index >= 15 is 0 Å². The minimum absolute atomic E-state index is 0.0305. The van der Waals surface area contributed by atoms with E-state index in [4.69, 9.17) is 0 Å². The van der Waals surface area contributed by atoms with Crippen LogP contribution in [0.15, 0.2) is 48.5 Å². The third-order valence-corrected chi connectivity index (χ3v) is 6.62. The predicted molar refractivity (Wildman–Crippen MR) is 107 cm³/mol. The van der Waals surface area contributed by atoms with Crippen LogP contribution in [-0.4, -0.2) is 43.5 Å². The predicted octanol–water partition coefficient (Wildman–Crippen LogP) is 1.74. The maximum Gasteiger partial charge on any atom is 0.268 e. The molecule has 1 N–H and O–H groups in total. The van der Waals surface area contributed by atoms with Crippen LogP contribution in [0.5, 0.6) is 0 Å². The molecule has 8 nitrogen and oxygen atoms in total. The van der Waals surface area contributed by atoms with E-state index in [1.54, 1.807) is 53.4 Å². The normalized spacial score (nSPS) is 17.9. The Hall–Kier alpha value is -3.20. The summed E-state index contributed by atoms with van der Waals surface area (Å²) in [5.74, 6) is -1.73. The van der Waals surface area contributed by atoms with E-state index in [1.807, 2.05) is 0 Å². The van der Waals surface area contributed by atoms with Gasteiger partial charge in [0.25, 0.3) is 5.91 Å². The van der Waals surface area contributed by atoms with Crippen molar-refractivity contribution < 1.29 is 22.8 Å². The Morgan fingerprint density at radius 3 is 2.52 bits per heavy atom. The Labute approximate surface area is 168 Å². The summed E-state index contributed by atoms with van der Waals surface area (Å²) in [6, 6.07) is 13.3. The number of nitrogens with zero attached hydrogens (tertiary/aromatic N) is 2. The van der Waals surface area contributed by atoms with Crippen LogP contribution in [0.4, 0.5) is 11.4 Å². The summed E-state index contributed by atoms with van der Waals surface area (Å²) in [7, 11) is -3.95. The van der Waals surface area contributed by atoms with Crippen molar-refractivity contribution in [3.63, 3.8) is 0 Å². The van der Waals surface area contributed by atoms with Crippen LogP contribution < -0.4 is 10.2 Å². The number of sulfonamides is 1. The topological polar surface area (TPSA) is 104 Å². The van der Waals surface area contributed by atoms with Crippen molar-refractivity contribution in [1.82, 2.24) is 4.31 Å². The van der Waals surface area contributed by atoms with E-state index in [1.165, 1.54) is 0 Å². The summed E-state index contributed by atoms with van der Waals surface area (Å²) in [5, 5.41) is 2.65. The molecule has 2 heterocycles. The quantitative estimate of drug-likeness (QED) is 0.822. The number of carbonyl (C=O) groups excluding carboxylic acids is 3. The van der Waals surface area contributed by atoms with Gasteiger partial charge in [-0.3, -0.25) is 14.4 Å². The van der Waals surface area contributed by atoms with Gasteiger partial charge in [0.2, 0.25) is 21.8 Å². The Bertz CT molecular complexity index is 1110. The standard InChI is InChI=1S/C20H19N3O5S/c24-18(21-16-8-3-4-9-17(16)22-11-5-10-19(22)25)12-23-20(26)15-7-2-1-6-14(15)13-29(23,27)28/h1-4,6-9H,5,10-13H2,(H,21,24). The molecule has 0 spiro atoms. The van der Waals surface area contributed by atoms with Gasteiger partial charge in [0.15, 0.2) is 0 Å². The van der Waals surface area contributed by atoms with Crippen molar-refractivity contribution in [2.75, 3.05) is 23.3 Å². The first-order valence-electron chi connectivity index (χ1n) is 9.19. The van der Waals surface area contributed by atoms with Crippen molar-refractivity contribution in [3.8, 4) is 0 Å². The number of nitrogens with one attached hydrogen (secondary N) is 1. The van der Waals surface area contributed by atoms with Gasteiger partial charge in [0, 0.05) is 18.5 Å². The first kappa shape index (κ1) is 19.1. The minimum atomic E-state index is -3.95. The second-order valence-corrected chi connectivity index (χ2v) is 8.83. The molecule has 0 unspecified atom stereocenters. The molecule has 29 heavy (non-hydrogen) atoms. The van der Waals surface area contributed by atoms with E-state index in [0.29, 0.717) is 34.2 Å².